The van der Waals surface area contributed by atoms with Crippen LogP contribution in [0.2, 0.25) is 0 Å². The van der Waals surface area contributed by atoms with Crippen LogP contribution in [-0.4, -0.2) is 39.8 Å². The molecule has 2 heterocycles. The van der Waals surface area contributed by atoms with Gasteiger partial charge in [0.1, 0.15) is 5.56 Å². The molecule has 1 fully saturated rings. The maximum atomic E-state index is 12.0. The third-order valence-corrected chi connectivity index (χ3v) is 2.82. The largest absolute Gasteiger partial charge is 0.411 e. The quantitative estimate of drug-likeness (QED) is 0.547. The Bertz CT molecular complexity index is 497. The molecule has 0 saturated carbocycles. The zero-order chi connectivity index (χ0) is 12.3. The molecular formula is C11H13N3O3. The number of H-pyrrole nitrogens is 1. The number of amides is 1. The molecule has 1 saturated heterocycles. The van der Waals surface area contributed by atoms with E-state index in [-0.39, 0.29) is 16.9 Å². The Hall–Kier alpha value is -2.11. The summed E-state index contributed by atoms with van der Waals surface area (Å²) in [5.41, 5.74) is 0.559. The summed E-state index contributed by atoms with van der Waals surface area (Å²) in [6.07, 6.45) is 4.01. The molecule has 0 unspecified atom stereocenters. The van der Waals surface area contributed by atoms with Crippen molar-refractivity contribution in [3.8, 4) is 0 Å². The van der Waals surface area contributed by atoms with Crippen LogP contribution in [0.4, 0.5) is 0 Å². The summed E-state index contributed by atoms with van der Waals surface area (Å²) >= 11 is 0. The number of hydrogen-bond acceptors (Lipinski definition) is 4. The first-order chi connectivity index (χ1) is 8.22. The number of hydrogen-bond donors (Lipinski definition) is 2. The number of carbonyl (C=O) groups excluding carboxylic acids is 1. The zero-order valence-corrected chi connectivity index (χ0v) is 9.22. The van der Waals surface area contributed by atoms with Crippen LogP contribution in [0.25, 0.3) is 0 Å². The highest BCUT2D eigenvalue weighted by Gasteiger charge is 2.22. The first-order valence-corrected chi connectivity index (χ1v) is 5.38. The first kappa shape index (κ1) is 11.4. The average Bonchev–Trinajstić information content (AvgIpc) is 2.39. The minimum atomic E-state index is -0.282. The Morgan fingerprint density at radius 2 is 2.12 bits per heavy atom. The molecule has 6 heteroatoms. The zero-order valence-electron chi connectivity index (χ0n) is 9.22. The van der Waals surface area contributed by atoms with Crippen LogP contribution >= 0.6 is 0 Å². The summed E-state index contributed by atoms with van der Waals surface area (Å²) in [6.45, 7) is 0.957. The summed E-state index contributed by atoms with van der Waals surface area (Å²) in [4.78, 5) is 27.8. The van der Waals surface area contributed by atoms with Crippen molar-refractivity contribution in [2.45, 2.75) is 12.8 Å². The molecule has 1 aromatic rings. The number of nitrogens with zero attached hydrogens (tertiary/aromatic N) is 2. The van der Waals surface area contributed by atoms with Crippen LogP contribution in [0.1, 0.15) is 23.2 Å². The Morgan fingerprint density at radius 1 is 1.41 bits per heavy atom. The molecule has 17 heavy (non-hydrogen) atoms. The van der Waals surface area contributed by atoms with Gasteiger partial charge in [-0.25, -0.2) is 0 Å². The van der Waals surface area contributed by atoms with Crippen molar-refractivity contribution in [3.63, 3.8) is 0 Å². The topological polar surface area (TPSA) is 85.8 Å². The second kappa shape index (κ2) is 4.82. The molecule has 0 radical (unpaired) electrons. The molecule has 0 bridgehead atoms. The number of oxime groups is 1. The Kier molecular flexibility index (Phi) is 3.22. The lowest BCUT2D eigenvalue weighted by Gasteiger charge is -2.26. The number of carbonyl (C=O) groups is 1. The fourth-order valence-electron chi connectivity index (χ4n) is 1.82. The fraction of sp³-hybridized carbons (Fsp3) is 0.364. The van der Waals surface area contributed by atoms with Gasteiger partial charge in [-0.1, -0.05) is 5.16 Å². The van der Waals surface area contributed by atoms with E-state index in [9.17, 15) is 9.59 Å². The number of aromatic amines is 1. The lowest BCUT2D eigenvalue weighted by atomic mass is 10.1. The minimum Gasteiger partial charge on any atom is -0.411 e. The van der Waals surface area contributed by atoms with E-state index < -0.39 is 0 Å². The second-order valence-corrected chi connectivity index (χ2v) is 3.88. The summed E-state index contributed by atoms with van der Waals surface area (Å²) < 4.78 is 0. The Morgan fingerprint density at radius 3 is 2.71 bits per heavy atom. The van der Waals surface area contributed by atoms with Crippen molar-refractivity contribution < 1.29 is 10.0 Å². The Labute approximate surface area is 97.6 Å². The lowest BCUT2D eigenvalue weighted by Crippen LogP contribution is -2.40. The van der Waals surface area contributed by atoms with Crippen molar-refractivity contribution in [1.29, 1.82) is 0 Å². The molecule has 1 aliphatic rings. The average molecular weight is 235 g/mol. The van der Waals surface area contributed by atoms with Crippen molar-refractivity contribution in [3.05, 3.63) is 34.2 Å². The van der Waals surface area contributed by atoms with Crippen LogP contribution in [0, 0.1) is 0 Å². The molecule has 0 spiro atoms. The van der Waals surface area contributed by atoms with Crippen molar-refractivity contribution in [2.24, 2.45) is 5.16 Å². The van der Waals surface area contributed by atoms with Gasteiger partial charge < -0.3 is 15.1 Å². The van der Waals surface area contributed by atoms with Gasteiger partial charge in [0.05, 0.1) is 5.71 Å². The molecule has 2 N–H and O–H groups in total. The molecule has 0 aromatic carbocycles. The highest BCUT2D eigenvalue weighted by molar-refractivity contribution is 5.95. The number of rotatable bonds is 1. The van der Waals surface area contributed by atoms with Crippen LogP contribution < -0.4 is 5.43 Å². The minimum absolute atomic E-state index is 0.150. The molecule has 2 rings (SSSR count). The molecular weight excluding hydrogens is 222 g/mol. The summed E-state index contributed by atoms with van der Waals surface area (Å²) in [5.74, 6) is -0.274. The van der Waals surface area contributed by atoms with Crippen LogP contribution in [-0.2, 0) is 0 Å². The SMILES string of the molecule is O=C(c1c[nH]ccc1=O)N1CCC(=NO)CC1. The third kappa shape index (κ3) is 2.35. The smallest absolute Gasteiger partial charge is 0.259 e. The van der Waals surface area contributed by atoms with Gasteiger partial charge in [-0.05, 0) is 0 Å². The summed E-state index contributed by atoms with van der Waals surface area (Å²) in [7, 11) is 0. The van der Waals surface area contributed by atoms with Gasteiger partial charge in [0.2, 0.25) is 0 Å². The molecule has 0 aliphatic carbocycles. The van der Waals surface area contributed by atoms with Gasteiger partial charge in [-0.15, -0.1) is 0 Å². The maximum Gasteiger partial charge on any atom is 0.259 e. The monoisotopic (exact) mass is 235 g/mol. The summed E-state index contributed by atoms with van der Waals surface area (Å²) in [5, 5.41) is 11.7. The van der Waals surface area contributed by atoms with E-state index in [0.29, 0.717) is 31.6 Å². The predicted octanol–water partition coefficient (Wildman–Crippen LogP) is 0.441. The predicted molar refractivity (Wildman–Crippen MR) is 61.4 cm³/mol. The number of aromatic nitrogens is 1. The molecule has 1 aromatic heterocycles. The molecule has 1 amide bonds. The highest BCUT2D eigenvalue weighted by atomic mass is 16.4. The van der Waals surface area contributed by atoms with E-state index in [1.54, 1.807) is 4.90 Å². The molecule has 1 aliphatic heterocycles. The van der Waals surface area contributed by atoms with Gasteiger partial charge in [0.25, 0.3) is 5.91 Å². The van der Waals surface area contributed by atoms with Gasteiger partial charge in [0.15, 0.2) is 5.43 Å². The lowest BCUT2D eigenvalue weighted by molar-refractivity contribution is 0.0752. The van der Waals surface area contributed by atoms with Gasteiger partial charge >= 0.3 is 0 Å². The maximum absolute atomic E-state index is 12.0. The van der Waals surface area contributed by atoms with E-state index in [2.05, 4.69) is 10.1 Å². The van der Waals surface area contributed by atoms with Crippen molar-refractivity contribution in [2.75, 3.05) is 13.1 Å². The molecule has 0 atom stereocenters. The van der Waals surface area contributed by atoms with Gasteiger partial charge in [-0.2, -0.15) is 0 Å². The van der Waals surface area contributed by atoms with E-state index >= 15 is 0 Å². The van der Waals surface area contributed by atoms with Crippen LogP contribution in [0.5, 0.6) is 0 Å². The van der Waals surface area contributed by atoms with E-state index in [1.165, 1.54) is 18.5 Å². The Balaban J connectivity index is 2.12. The molecule has 90 valence electrons. The number of nitrogens with one attached hydrogen (secondary N) is 1. The highest BCUT2D eigenvalue weighted by Crippen LogP contribution is 2.09. The molecule has 6 nitrogen and oxygen atoms in total. The number of piperidine rings is 1. The van der Waals surface area contributed by atoms with E-state index in [4.69, 9.17) is 5.21 Å². The normalized spacial score (nSPS) is 15.8. The van der Waals surface area contributed by atoms with E-state index in [0.717, 1.165) is 0 Å². The number of likely N-dealkylation sites (tertiary alicyclic amines) is 1. The fourth-order valence-corrected chi connectivity index (χ4v) is 1.82. The summed E-state index contributed by atoms with van der Waals surface area (Å²) in [6, 6.07) is 1.33. The second-order valence-electron chi connectivity index (χ2n) is 3.88. The standard InChI is InChI=1S/C11H13N3O3/c15-10-1-4-12-7-9(10)11(16)14-5-2-8(13-17)3-6-14/h1,4,7,17H,2-3,5-6H2,(H,12,15). The van der Waals surface area contributed by atoms with Crippen molar-refractivity contribution in [1.82, 2.24) is 9.88 Å². The third-order valence-electron chi connectivity index (χ3n) is 2.82. The van der Waals surface area contributed by atoms with Crippen LogP contribution in [0.15, 0.2) is 28.4 Å². The first-order valence-electron chi connectivity index (χ1n) is 5.38. The van der Waals surface area contributed by atoms with Crippen molar-refractivity contribution >= 4 is 11.6 Å². The van der Waals surface area contributed by atoms with Gasteiger partial charge in [-0.3, -0.25) is 9.59 Å². The van der Waals surface area contributed by atoms with Crippen LogP contribution in [0.3, 0.4) is 0 Å². The van der Waals surface area contributed by atoms with E-state index in [1.807, 2.05) is 0 Å². The number of pyridine rings is 1. The van der Waals surface area contributed by atoms with Gasteiger partial charge in [0, 0.05) is 44.4 Å².